The van der Waals surface area contributed by atoms with Gasteiger partial charge in [-0.05, 0) is 34.1 Å². The van der Waals surface area contributed by atoms with E-state index in [1.165, 1.54) is 6.21 Å². The molecule has 1 aromatic heterocycles. The number of nitrogens with zero attached hydrogens (tertiary/aromatic N) is 1. The fourth-order valence-electron chi connectivity index (χ4n) is 1.58. The van der Waals surface area contributed by atoms with Crippen LogP contribution >= 0.6 is 15.9 Å². The van der Waals surface area contributed by atoms with Crippen molar-refractivity contribution in [3.8, 4) is 5.75 Å². The summed E-state index contributed by atoms with van der Waals surface area (Å²) in [6.07, 6.45) is 3.01. The quantitative estimate of drug-likeness (QED) is 0.537. The van der Waals surface area contributed by atoms with Gasteiger partial charge in [0.05, 0.1) is 6.21 Å². The number of aromatic amines is 1. The lowest BCUT2D eigenvalue weighted by Crippen LogP contribution is -2.18. The Morgan fingerprint density at radius 3 is 2.86 bits per heavy atom. The average molecular weight is 366 g/mol. The van der Waals surface area contributed by atoms with Crippen LogP contribution in [0.4, 0.5) is 0 Å². The molecule has 0 unspecified atom stereocenters. The largest absolute Gasteiger partial charge is 0.481 e. The standard InChI is InChI=1S/C14H12BrN3O4/c15-10-5-11(16-7-10)14(21)18-17-6-9-3-1-2-4-12(9)22-8-13(19)20/h1-7,16H,8H2,(H,18,21)(H,19,20)/b17-6-. The van der Waals surface area contributed by atoms with Crippen LogP contribution in [0.3, 0.4) is 0 Å². The van der Waals surface area contributed by atoms with Crippen LogP contribution in [-0.4, -0.2) is 34.8 Å². The van der Waals surface area contributed by atoms with E-state index in [-0.39, 0.29) is 0 Å². The molecule has 1 amide bonds. The van der Waals surface area contributed by atoms with Crippen molar-refractivity contribution >= 4 is 34.0 Å². The number of carbonyl (C=O) groups excluding carboxylic acids is 1. The third-order valence-electron chi connectivity index (χ3n) is 2.53. The third kappa shape index (κ3) is 4.45. The van der Waals surface area contributed by atoms with E-state index in [4.69, 9.17) is 9.84 Å². The number of benzene rings is 1. The van der Waals surface area contributed by atoms with Gasteiger partial charge in [-0.2, -0.15) is 5.10 Å². The first-order valence-electron chi connectivity index (χ1n) is 6.17. The molecule has 0 bridgehead atoms. The third-order valence-corrected chi connectivity index (χ3v) is 2.99. The number of rotatable bonds is 6. The summed E-state index contributed by atoms with van der Waals surface area (Å²) in [6.45, 7) is -0.451. The number of nitrogens with one attached hydrogen (secondary N) is 2. The maximum Gasteiger partial charge on any atom is 0.341 e. The van der Waals surface area contributed by atoms with E-state index in [9.17, 15) is 9.59 Å². The maximum absolute atomic E-state index is 11.8. The average Bonchev–Trinajstić information content (AvgIpc) is 2.92. The molecule has 2 aromatic rings. The SMILES string of the molecule is O=C(O)COc1ccccc1/C=N\NC(=O)c1cc(Br)c[nH]1. The zero-order chi connectivity index (χ0) is 15.9. The van der Waals surface area contributed by atoms with Gasteiger partial charge in [-0.25, -0.2) is 10.2 Å². The highest BCUT2D eigenvalue weighted by Crippen LogP contribution is 2.15. The van der Waals surface area contributed by atoms with Gasteiger partial charge in [0, 0.05) is 16.2 Å². The summed E-state index contributed by atoms with van der Waals surface area (Å²) in [7, 11) is 0. The van der Waals surface area contributed by atoms with E-state index < -0.39 is 18.5 Å². The van der Waals surface area contributed by atoms with Crippen LogP contribution in [-0.2, 0) is 4.79 Å². The summed E-state index contributed by atoms with van der Waals surface area (Å²) in [5.41, 5.74) is 3.27. The molecule has 0 radical (unpaired) electrons. The molecule has 8 heteroatoms. The first-order chi connectivity index (χ1) is 10.6. The molecule has 0 atom stereocenters. The fourth-order valence-corrected chi connectivity index (χ4v) is 1.92. The Hall–Kier alpha value is -2.61. The molecule has 7 nitrogen and oxygen atoms in total. The van der Waals surface area contributed by atoms with Crippen LogP contribution in [0.2, 0.25) is 0 Å². The summed E-state index contributed by atoms with van der Waals surface area (Å²) in [5, 5.41) is 12.4. The second-order valence-electron chi connectivity index (χ2n) is 4.15. The molecule has 0 aliphatic rings. The van der Waals surface area contributed by atoms with Gasteiger partial charge in [-0.15, -0.1) is 0 Å². The number of H-pyrrole nitrogens is 1. The van der Waals surface area contributed by atoms with Crippen molar-refractivity contribution in [1.29, 1.82) is 0 Å². The summed E-state index contributed by atoms with van der Waals surface area (Å²) >= 11 is 3.23. The smallest absolute Gasteiger partial charge is 0.341 e. The number of hydrogen-bond acceptors (Lipinski definition) is 4. The number of para-hydroxylation sites is 1. The van der Waals surface area contributed by atoms with Crippen LogP contribution in [0.1, 0.15) is 16.1 Å². The molecule has 0 aliphatic carbocycles. The molecule has 0 aliphatic heterocycles. The second kappa shape index (κ2) is 7.41. The van der Waals surface area contributed by atoms with Gasteiger partial charge < -0.3 is 14.8 Å². The van der Waals surface area contributed by atoms with Gasteiger partial charge >= 0.3 is 5.97 Å². The molecule has 22 heavy (non-hydrogen) atoms. The zero-order valence-corrected chi connectivity index (χ0v) is 12.8. The molecule has 3 N–H and O–H groups in total. The van der Waals surface area contributed by atoms with Gasteiger partial charge in [0.2, 0.25) is 0 Å². The monoisotopic (exact) mass is 365 g/mol. The molecule has 0 saturated carbocycles. The Morgan fingerprint density at radius 2 is 2.18 bits per heavy atom. The molecule has 0 spiro atoms. The maximum atomic E-state index is 11.8. The predicted octanol–water partition coefficient (Wildman–Crippen LogP) is 2.00. The minimum absolute atomic E-state index is 0.361. The number of carboxylic acid groups (broad SMARTS) is 1. The van der Waals surface area contributed by atoms with Gasteiger partial charge in [0.15, 0.2) is 6.61 Å². The number of ether oxygens (including phenoxy) is 1. The highest BCUT2D eigenvalue weighted by atomic mass is 79.9. The Kier molecular flexibility index (Phi) is 5.31. The Bertz CT molecular complexity index is 712. The van der Waals surface area contributed by atoms with E-state index >= 15 is 0 Å². The zero-order valence-electron chi connectivity index (χ0n) is 11.2. The van der Waals surface area contributed by atoms with Crippen molar-refractivity contribution in [2.75, 3.05) is 6.61 Å². The van der Waals surface area contributed by atoms with E-state index in [1.807, 2.05) is 0 Å². The number of amides is 1. The lowest BCUT2D eigenvalue weighted by atomic mass is 10.2. The van der Waals surface area contributed by atoms with Crippen LogP contribution in [0.5, 0.6) is 5.75 Å². The van der Waals surface area contributed by atoms with Crippen LogP contribution < -0.4 is 10.2 Å². The molecule has 0 saturated heterocycles. The molecule has 1 aromatic carbocycles. The molecule has 2 rings (SSSR count). The molecular formula is C14H12BrN3O4. The van der Waals surface area contributed by atoms with E-state index in [0.29, 0.717) is 17.0 Å². The summed E-state index contributed by atoms with van der Waals surface area (Å²) < 4.78 is 5.89. The molecule has 1 heterocycles. The van der Waals surface area contributed by atoms with E-state index in [1.54, 1.807) is 36.5 Å². The first kappa shape index (κ1) is 15.8. The normalized spacial score (nSPS) is 10.6. The number of hydrazone groups is 1. The topological polar surface area (TPSA) is 104 Å². The van der Waals surface area contributed by atoms with Crippen LogP contribution in [0, 0.1) is 0 Å². The molecule has 0 fully saturated rings. The van der Waals surface area contributed by atoms with Crippen LogP contribution in [0.25, 0.3) is 0 Å². The van der Waals surface area contributed by atoms with Crippen molar-refractivity contribution in [2.24, 2.45) is 5.10 Å². The van der Waals surface area contributed by atoms with Crippen molar-refractivity contribution < 1.29 is 19.4 Å². The van der Waals surface area contributed by atoms with Crippen molar-refractivity contribution in [3.63, 3.8) is 0 Å². The Balaban J connectivity index is 2.00. The lowest BCUT2D eigenvalue weighted by molar-refractivity contribution is -0.139. The number of aromatic nitrogens is 1. The molecular weight excluding hydrogens is 354 g/mol. The number of carboxylic acids is 1. The molecule has 114 valence electrons. The lowest BCUT2D eigenvalue weighted by Gasteiger charge is -2.06. The summed E-state index contributed by atoms with van der Waals surface area (Å²) in [6, 6.07) is 8.39. The van der Waals surface area contributed by atoms with Crippen molar-refractivity contribution in [1.82, 2.24) is 10.4 Å². The van der Waals surface area contributed by atoms with Crippen LogP contribution in [0.15, 0.2) is 46.1 Å². The highest BCUT2D eigenvalue weighted by molar-refractivity contribution is 9.10. The second-order valence-corrected chi connectivity index (χ2v) is 5.07. The number of hydrogen-bond donors (Lipinski definition) is 3. The first-order valence-corrected chi connectivity index (χ1v) is 6.96. The highest BCUT2D eigenvalue weighted by Gasteiger charge is 2.07. The van der Waals surface area contributed by atoms with E-state index in [2.05, 4.69) is 31.4 Å². The minimum atomic E-state index is -1.07. The van der Waals surface area contributed by atoms with Crippen molar-refractivity contribution in [3.05, 3.63) is 52.3 Å². The number of halogens is 1. The van der Waals surface area contributed by atoms with Gasteiger partial charge in [-0.3, -0.25) is 4.79 Å². The summed E-state index contributed by atoms with van der Waals surface area (Å²) in [5.74, 6) is -1.10. The predicted molar refractivity (Wildman–Crippen MR) is 83.1 cm³/mol. The van der Waals surface area contributed by atoms with Gasteiger partial charge in [0.25, 0.3) is 5.91 Å². The Labute approximate surface area is 134 Å². The van der Waals surface area contributed by atoms with Crippen molar-refractivity contribution in [2.45, 2.75) is 0 Å². The van der Waals surface area contributed by atoms with E-state index in [0.717, 1.165) is 4.47 Å². The summed E-state index contributed by atoms with van der Waals surface area (Å²) in [4.78, 5) is 25.1. The Morgan fingerprint density at radius 1 is 1.41 bits per heavy atom. The number of carbonyl (C=O) groups is 2. The van der Waals surface area contributed by atoms with Gasteiger partial charge in [-0.1, -0.05) is 12.1 Å². The number of aliphatic carboxylic acids is 1. The fraction of sp³-hybridized carbons (Fsp3) is 0.0714. The minimum Gasteiger partial charge on any atom is -0.481 e. The van der Waals surface area contributed by atoms with Gasteiger partial charge in [0.1, 0.15) is 11.4 Å².